The zero-order valence-corrected chi connectivity index (χ0v) is 18.8. The van der Waals surface area contributed by atoms with Crippen molar-refractivity contribution in [3.8, 4) is 0 Å². The summed E-state index contributed by atoms with van der Waals surface area (Å²) in [6.07, 6.45) is 6.69. The largest absolute Gasteiger partial charge is 0.372 e. The summed E-state index contributed by atoms with van der Waals surface area (Å²) in [5, 5.41) is 6.01. The summed E-state index contributed by atoms with van der Waals surface area (Å²) >= 11 is 0. The molecule has 2 aliphatic heterocycles. The molecule has 2 aliphatic rings. The third kappa shape index (κ3) is 6.33. The Kier molecular flexibility index (Phi) is 7.77. The number of carbonyl (C=O) groups excluding carboxylic acids is 2. The van der Waals surface area contributed by atoms with E-state index in [4.69, 9.17) is 0 Å². The third-order valence-electron chi connectivity index (χ3n) is 6.49. The van der Waals surface area contributed by atoms with Crippen molar-refractivity contribution in [3.05, 3.63) is 54.6 Å². The van der Waals surface area contributed by atoms with Gasteiger partial charge in [0.2, 0.25) is 11.8 Å². The molecule has 0 unspecified atom stereocenters. The lowest BCUT2D eigenvalue weighted by atomic mass is 9.96. The Labute approximate surface area is 191 Å². The van der Waals surface area contributed by atoms with Crippen molar-refractivity contribution in [2.45, 2.75) is 38.5 Å². The normalized spacial score (nSPS) is 18.1. The van der Waals surface area contributed by atoms with E-state index in [-0.39, 0.29) is 17.7 Å². The van der Waals surface area contributed by atoms with Crippen molar-refractivity contribution < 1.29 is 9.59 Å². The number of piperidine rings is 1. The van der Waals surface area contributed by atoms with E-state index in [2.05, 4.69) is 32.6 Å². The quantitative estimate of drug-likeness (QED) is 0.709. The van der Waals surface area contributed by atoms with E-state index in [1.54, 1.807) is 0 Å². The molecule has 0 bridgehead atoms. The second-order valence-electron chi connectivity index (χ2n) is 8.90. The summed E-state index contributed by atoms with van der Waals surface area (Å²) in [5.41, 5.74) is 2.91. The highest BCUT2D eigenvalue weighted by Crippen LogP contribution is 2.22. The lowest BCUT2D eigenvalue weighted by Gasteiger charge is -2.30. The molecule has 0 aliphatic carbocycles. The fourth-order valence-corrected chi connectivity index (χ4v) is 4.61. The van der Waals surface area contributed by atoms with Crippen LogP contribution < -0.4 is 15.5 Å². The van der Waals surface area contributed by atoms with Crippen LogP contribution in [-0.2, 0) is 9.59 Å². The molecule has 170 valence electrons. The van der Waals surface area contributed by atoms with Gasteiger partial charge in [0.25, 0.3) is 0 Å². The van der Waals surface area contributed by atoms with Crippen LogP contribution >= 0.6 is 0 Å². The Bertz CT molecular complexity index is 868. The molecule has 0 spiro atoms. The first-order valence-electron chi connectivity index (χ1n) is 11.9. The van der Waals surface area contributed by atoms with Crippen LogP contribution in [0.15, 0.2) is 54.6 Å². The molecule has 0 aromatic heterocycles. The molecule has 2 N–H and O–H groups in total. The van der Waals surface area contributed by atoms with Crippen LogP contribution in [0, 0.1) is 5.92 Å². The van der Waals surface area contributed by atoms with E-state index in [9.17, 15) is 9.59 Å². The van der Waals surface area contributed by atoms with Crippen molar-refractivity contribution in [1.82, 2.24) is 4.90 Å². The lowest BCUT2D eigenvalue weighted by Crippen LogP contribution is -2.41. The highest BCUT2D eigenvalue weighted by Gasteiger charge is 2.26. The number of carbonyl (C=O) groups is 2. The van der Waals surface area contributed by atoms with Crippen molar-refractivity contribution in [1.29, 1.82) is 0 Å². The van der Waals surface area contributed by atoms with Gasteiger partial charge in [-0.3, -0.25) is 14.5 Å². The number of benzene rings is 2. The van der Waals surface area contributed by atoms with Crippen LogP contribution in [0.4, 0.5) is 17.1 Å². The number of amides is 2. The Hall–Kier alpha value is -2.86. The lowest BCUT2D eigenvalue weighted by molar-refractivity contribution is -0.121. The van der Waals surface area contributed by atoms with Gasteiger partial charge < -0.3 is 15.5 Å². The van der Waals surface area contributed by atoms with E-state index >= 15 is 0 Å². The Morgan fingerprint density at radius 2 is 1.38 bits per heavy atom. The van der Waals surface area contributed by atoms with E-state index < -0.39 is 0 Å². The maximum absolute atomic E-state index is 12.5. The van der Waals surface area contributed by atoms with E-state index in [0.29, 0.717) is 6.54 Å². The Morgan fingerprint density at radius 3 is 2.03 bits per heavy atom. The monoisotopic (exact) mass is 434 g/mol. The Balaban J connectivity index is 1.20. The number of nitrogens with one attached hydrogen (secondary N) is 2. The molecule has 0 atom stereocenters. The van der Waals surface area contributed by atoms with Crippen molar-refractivity contribution >= 4 is 28.9 Å². The summed E-state index contributed by atoms with van der Waals surface area (Å²) in [5.74, 6) is 0.0746. The molecular weight excluding hydrogens is 400 g/mol. The number of hydrogen-bond donors (Lipinski definition) is 2. The minimum absolute atomic E-state index is 0.000269. The zero-order chi connectivity index (χ0) is 22.2. The van der Waals surface area contributed by atoms with Gasteiger partial charge in [-0.2, -0.15) is 0 Å². The molecule has 2 fully saturated rings. The van der Waals surface area contributed by atoms with Gasteiger partial charge >= 0.3 is 0 Å². The SMILES string of the molecule is O=C(CN1CCC(C(=O)Nc2ccccc2)CC1)Nc1ccc(N2CCCCCC2)cc1. The predicted octanol–water partition coefficient (Wildman–Crippen LogP) is 4.36. The first kappa shape index (κ1) is 22.3. The van der Waals surface area contributed by atoms with Crippen molar-refractivity contribution in [2.24, 2.45) is 5.92 Å². The highest BCUT2D eigenvalue weighted by atomic mass is 16.2. The first-order chi connectivity index (χ1) is 15.7. The molecular formula is C26H34N4O2. The minimum atomic E-state index is -0.000269. The molecule has 32 heavy (non-hydrogen) atoms. The second kappa shape index (κ2) is 11.1. The maximum atomic E-state index is 12.5. The fourth-order valence-electron chi connectivity index (χ4n) is 4.61. The average Bonchev–Trinajstić information content (AvgIpc) is 3.10. The topological polar surface area (TPSA) is 64.7 Å². The zero-order valence-electron chi connectivity index (χ0n) is 18.8. The molecule has 2 amide bonds. The number of likely N-dealkylation sites (tertiary alicyclic amines) is 1. The molecule has 6 heteroatoms. The van der Waals surface area contributed by atoms with Crippen LogP contribution in [0.1, 0.15) is 38.5 Å². The molecule has 4 rings (SSSR count). The number of para-hydroxylation sites is 1. The number of nitrogens with zero attached hydrogens (tertiary/aromatic N) is 2. The van der Waals surface area contributed by atoms with E-state index in [1.807, 2.05) is 42.5 Å². The molecule has 0 radical (unpaired) electrons. The molecule has 2 heterocycles. The van der Waals surface area contributed by atoms with Gasteiger partial charge in [0.15, 0.2) is 0 Å². The smallest absolute Gasteiger partial charge is 0.238 e. The van der Waals surface area contributed by atoms with Crippen LogP contribution in [0.5, 0.6) is 0 Å². The van der Waals surface area contributed by atoms with Gasteiger partial charge in [-0.1, -0.05) is 31.0 Å². The van der Waals surface area contributed by atoms with Gasteiger partial charge in [-0.15, -0.1) is 0 Å². The minimum Gasteiger partial charge on any atom is -0.372 e. The van der Waals surface area contributed by atoms with Gasteiger partial charge in [0.1, 0.15) is 0 Å². The standard InChI is InChI=1S/C26H34N4O2/c31-25(27-23-10-12-24(13-11-23)30-16-6-1-2-7-17-30)20-29-18-14-21(15-19-29)26(32)28-22-8-4-3-5-9-22/h3-5,8-13,21H,1-2,6-7,14-20H2,(H,27,31)(H,28,32). The van der Waals surface area contributed by atoms with Crippen LogP contribution in [-0.4, -0.2) is 49.4 Å². The van der Waals surface area contributed by atoms with Gasteiger partial charge in [-0.05, 0) is 75.2 Å². The molecule has 2 aromatic rings. The van der Waals surface area contributed by atoms with E-state index in [0.717, 1.165) is 50.4 Å². The predicted molar refractivity (Wildman–Crippen MR) is 130 cm³/mol. The maximum Gasteiger partial charge on any atom is 0.238 e. The van der Waals surface area contributed by atoms with Crippen molar-refractivity contribution in [3.63, 3.8) is 0 Å². The average molecular weight is 435 g/mol. The van der Waals surface area contributed by atoms with Crippen LogP contribution in [0.3, 0.4) is 0 Å². The first-order valence-corrected chi connectivity index (χ1v) is 11.9. The second-order valence-corrected chi connectivity index (χ2v) is 8.90. The van der Waals surface area contributed by atoms with Crippen molar-refractivity contribution in [2.75, 3.05) is 48.3 Å². The van der Waals surface area contributed by atoms with Crippen LogP contribution in [0.25, 0.3) is 0 Å². The van der Waals surface area contributed by atoms with Gasteiger partial charge in [0.05, 0.1) is 6.54 Å². The van der Waals surface area contributed by atoms with Gasteiger partial charge in [-0.25, -0.2) is 0 Å². The number of rotatable bonds is 6. The fraction of sp³-hybridized carbons (Fsp3) is 0.462. The summed E-state index contributed by atoms with van der Waals surface area (Å²) in [6.45, 7) is 4.11. The summed E-state index contributed by atoms with van der Waals surface area (Å²) in [6, 6.07) is 17.8. The summed E-state index contributed by atoms with van der Waals surface area (Å²) < 4.78 is 0. The highest BCUT2D eigenvalue weighted by molar-refractivity contribution is 5.93. The molecule has 2 aromatic carbocycles. The summed E-state index contributed by atoms with van der Waals surface area (Å²) in [4.78, 5) is 29.6. The third-order valence-corrected chi connectivity index (χ3v) is 6.49. The number of hydrogen-bond acceptors (Lipinski definition) is 4. The number of anilines is 3. The molecule has 6 nitrogen and oxygen atoms in total. The molecule has 0 saturated carbocycles. The summed E-state index contributed by atoms with van der Waals surface area (Å²) in [7, 11) is 0. The molecule has 2 saturated heterocycles. The van der Waals surface area contributed by atoms with Crippen LogP contribution in [0.2, 0.25) is 0 Å². The Morgan fingerprint density at radius 1 is 0.750 bits per heavy atom. The van der Waals surface area contributed by atoms with E-state index in [1.165, 1.54) is 31.4 Å². The van der Waals surface area contributed by atoms with Gasteiger partial charge in [0, 0.05) is 36.1 Å².